The minimum absolute atomic E-state index is 0.148. The van der Waals surface area contributed by atoms with Crippen molar-refractivity contribution in [3.63, 3.8) is 0 Å². The van der Waals surface area contributed by atoms with Crippen molar-refractivity contribution in [3.8, 4) is 10.8 Å². The molecule has 3 saturated heterocycles. The zero-order valence-corrected chi connectivity index (χ0v) is 17.8. The highest BCUT2D eigenvalue weighted by Gasteiger charge is 2.46. The maximum absolute atomic E-state index is 12.6. The molecule has 0 unspecified atom stereocenters. The molecule has 3 aliphatic heterocycles. The number of ether oxygens (including phenoxy) is 1. The van der Waals surface area contributed by atoms with Crippen molar-refractivity contribution in [1.29, 1.82) is 0 Å². The summed E-state index contributed by atoms with van der Waals surface area (Å²) in [6, 6.07) is 8.43. The van der Waals surface area contributed by atoms with Gasteiger partial charge < -0.3 is 15.0 Å². The molecule has 1 amide bonds. The lowest BCUT2D eigenvalue weighted by Crippen LogP contribution is -2.57. The monoisotopic (exact) mass is 475 g/mol. The van der Waals surface area contributed by atoms with Gasteiger partial charge in [0.15, 0.2) is 5.06 Å². The summed E-state index contributed by atoms with van der Waals surface area (Å²) in [4.78, 5) is 15.4. The third kappa shape index (κ3) is 4.96. The summed E-state index contributed by atoms with van der Waals surface area (Å²) >= 11 is 1.15. The van der Waals surface area contributed by atoms with E-state index in [2.05, 4.69) is 10.2 Å². The SMILES string of the molecule is O=C(N[C@H]1CN2CCC1CC2)c1ccc(Oc2ccc(NS(=O)(=O)C(F)(F)F)cc2)s1. The van der Waals surface area contributed by atoms with Crippen LogP contribution in [0.15, 0.2) is 36.4 Å². The van der Waals surface area contributed by atoms with Gasteiger partial charge in [-0.25, -0.2) is 0 Å². The van der Waals surface area contributed by atoms with E-state index < -0.39 is 15.5 Å². The number of hydrogen-bond acceptors (Lipinski definition) is 6. The number of hydrogen-bond donors (Lipinski definition) is 2. The molecular formula is C19H20F3N3O4S2. The molecule has 7 nitrogen and oxygen atoms in total. The first-order chi connectivity index (χ1) is 14.6. The number of piperidine rings is 3. The molecule has 0 spiro atoms. The third-order valence-corrected chi connectivity index (χ3v) is 7.48. The summed E-state index contributed by atoms with van der Waals surface area (Å²) in [5.74, 6) is 0.648. The van der Waals surface area contributed by atoms with Crippen LogP contribution in [0.5, 0.6) is 10.8 Å². The van der Waals surface area contributed by atoms with Gasteiger partial charge in [0, 0.05) is 18.3 Å². The number of sulfonamides is 1. The highest BCUT2D eigenvalue weighted by Crippen LogP contribution is 2.32. The Morgan fingerprint density at radius 1 is 1.10 bits per heavy atom. The third-order valence-electron chi connectivity index (χ3n) is 5.41. The van der Waals surface area contributed by atoms with Crippen molar-refractivity contribution < 1.29 is 31.1 Å². The molecule has 2 aromatic rings. The van der Waals surface area contributed by atoms with E-state index in [9.17, 15) is 26.4 Å². The zero-order chi connectivity index (χ0) is 22.2. The first-order valence-electron chi connectivity index (χ1n) is 9.61. The van der Waals surface area contributed by atoms with Gasteiger partial charge in [-0.3, -0.25) is 9.52 Å². The molecule has 3 fully saturated rings. The highest BCUT2D eigenvalue weighted by atomic mass is 32.2. The number of amides is 1. The summed E-state index contributed by atoms with van der Waals surface area (Å²) in [7, 11) is -5.48. The number of alkyl halides is 3. The van der Waals surface area contributed by atoms with E-state index in [-0.39, 0.29) is 17.6 Å². The Kier molecular flexibility index (Phi) is 5.88. The molecule has 2 bridgehead atoms. The second kappa shape index (κ2) is 8.32. The van der Waals surface area contributed by atoms with Crippen LogP contribution in [0.4, 0.5) is 18.9 Å². The van der Waals surface area contributed by atoms with Crippen LogP contribution in [0.3, 0.4) is 0 Å². The molecule has 0 aliphatic carbocycles. The average Bonchev–Trinajstić information content (AvgIpc) is 3.18. The molecule has 0 radical (unpaired) electrons. The minimum Gasteiger partial charge on any atom is -0.447 e. The Balaban J connectivity index is 1.35. The summed E-state index contributed by atoms with van der Waals surface area (Å²) in [6.07, 6.45) is 2.19. The van der Waals surface area contributed by atoms with Crippen LogP contribution in [0.1, 0.15) is 22.5 Å². The van der Waals surface area contributed by atoms with Crippen molar-refractivity contribution in [2.75, 3.05) is 24.4 Å². The van der Waals surface area contributed by atoms with E-state index in [1.54, 1.807) is 12.1 Å². The Hall–Kier alpha value is -2.31. The van der Waals surface area contributed by atoms with Gasteiger partial charge in [-0.05, 0) is 68.2 Å². The summed E-state index contributed by atoms with van der Waals surface area (Å²) in [5, 5.41) is 3.54. The van der Waals surface area contributed by atoms with Gasteiger partial charge in [0.2, 0.25) is 0 Å². The van der Waals surface area contributed by atoms with Crippen LogP contribution in [0.25, 0.3) is 0 Å². The van der Waals surface area contributed by atoms with Gasteiger partial charge in [-0.15, -0.1) is 0 Å². The van der Waals surface area contributed by atoms with Crippen molar-refractivity contribution in [1.82, 2.24) is 10.2 Å². The predicted octanol–water partition coefficient (Wildman–Crippen LogP) is 3.63. The first-order valence-corrected chi connectivity index (χ1v) is 11.9. The largest absolute Gasteiger partial charge is 0.516 e. The Bertz CT molecular complexity index is 1050. The molecule has 12 heteroatoms. The second-order valence-corrected chi connectivity index (χ2v) is 10.2. The maximum Gasteiger partial charge on any atom is 0.516 e. The standard InChI is InChI=1S/C19H20F3N3O4S2/c20-19(21,22)31(27,28)24-13-1-3-14(4-2-13)29-17-6-5-16(30-17)18(26)23-15-11-25-9-7-12(15)8-10-25/h1-6,12,15,24H,7-11H2,(H,23,26)/t15-/m0/s1. The first kappa shape index (κ1) is 21.9. The topological polar surface area (TPSA) is 87.7 Å². The fraction of sp³-hybridized carbons (Fsp3) is 0.421. The van der Waals surface area contributed by atoms with Crippen LogP contribution in [-0.2, 0) is 10.0 Å². The quantitative estimate of drug-likeness (QED) is 0.666. The molecule has 1 atom stereocenters. The number of rotatable bonds is 6. The average molecular weight is 476 g/mol. The maximum atomic E-state index is 12.6. The summed E-state index contributed by atoms with van der Waals surface area (Å²) < 4.78 is 66.7. The zero-order valence-electron chi connectivity index (χ0n) is 16.2. The summed E-state index contributed by atoms with van der Waals surface area (Å²) in [5.41, 5.74) is -5.64. The molecule has 31 heavy (non-hydrogen) atoms. The van der Waals surface area contributed by atoms with E-state index in [1.165, 1.54) is 16.9 Å². The Morgan fingerprint density at radius 3 is 2.35 bits per heavy atom. The Labute approximate surface area is 181 Å². The lowest BCUT2D eigenvalue weighted by atomic mass is 9.84. The number of carbonyl (C=O) groups excluding carboxylic acids is 1. The van der Waals surface area contributed by atoms with Crippen LogP contribution in [0.2, 0.25) is 0 Å². The minimum atomic E-state index is -5.48. The fourth-order valence-corrected chi connectivity index (χ4v) is 5.13. The van der Waals surface area contributed by atoms with Crippen LogP contribution >= 0.6 is 11.3 Å². The van der Waals surface area contributed by atoms with Crippen molar-refractivity contribution in [2.24, 2.45) is 5.92 Å². The molecule has 1 aromatic carbocycles. The predicted molar refractivity (Wildman–Crippen MR) is 110 cm³/mol. The van der Waals surface area contributed by atoms with E-state index in [1.807, 2.05) is 0 Å². The lowest BCUT2D eigenvalue weighted by molar-refractivity contribution is -0.0429. The van der Waals surface area contributed by atoms with Gasteiger partial charge in [0.25, 0.3) is 5.91 Å². The number of nitrogens with one attached hydrogen (secondary N) is 2. The van der Waals surface area contributed by atoms with Crippen LogP contribution in [0, 0.1) is 5.92 Å². The summed E-state index contributed by atoms with van der Waals surface area (Å²) in [6.45, 7) is 3.05. The fourth-order valence-electron chi connectivity index (χ4n) is 3.79. The molecule has 0 saturated carbocycles. The number of fused-ring (bicyclic) bond motifs is 3. The van der Waals surface area contributed by atoms with E-state index >= 15 is 0 Å². The van der Waals surface area contributed by atoms with Gasteiger partial charge >= 0.3 is 15.5 Å². The lowest BCUT2D eigenvalue weighted by Gasteiger charge is -2.44. The number of halogens is 3. The van der Waals surface area contributed by atoms with Crippen molar-refractivity contribution in [3.05, 3.63) is 41.3 Å². The van der Waals surface area contributed by atoms with Gasteiger partial charge in [-0.1, -0.05) is 11.3 Å². The second-order valence-electron chi connectivity index (χ2n) is 7.51. The van der Waals surface area contributed by atoms with E-state index in [0.717, 1.165) is 55.9 Å². The molecule has 1 aromatic heterocycles. The normalized spacial score (nSPS) is 23.4. The van der Waals surface area contributed by atoms with Gasteiger partial charge in [0.1, 0.15) is 5.75 Å². The molecule has 4 heterocycles. The number of benzene rings is 1. The smallest absolute Gasteiger partial charge is 0.447 e. The molecule has 3 aliphatic rings. The number of nitrogens with zero attached hydrogens (tertiary/aromatic N) is 1. The van der Waals surface area contributed by atoms with E-state index in [0.29, 0.717) is 21.6 Å². The molecule has 168 valence electrons. The number of thiophene rings is 1. The number of carbonyl (C=O) groups is 1. The molecule has 2 N–H and O–H groups in total. The van der Waals surface area contributed by atoms with Crippen LogP contribution < -0.4 is 14.8 Å². The van der Waals surface area contributed by atoms with Crippen molar-refractivity contribution in [2.45, 2.75) is 24.4 Å². The highest BCUT2D eigenvalue weighted by molar-refractivity contribution is 7.93. The molecule has 5 rings (SSSR count). The van der Waals surface area contributed by atoms with Gasteiger partial charge in [0.05, 0.1) is 4.88 Å². The van der Waals surface area contributed by atoms with Gasteiger partial charge in [-0.2, -0.15) is 21.6 Å². The number of anilines is 1. The van der Waals surface area contributed by atoms with E-state index in [4.69, 9.17) is 4.74 Å². The van der Waals surface area contributed by atoms with Crippen LogP contribution in [-0.4, -0.2) is 50.4 Å². The Morgan fingerprint density at radius 2 is 1.77 bits per heavy atom. The van der Waals surface area contributed by atoms with Crippen molar-refractivity contribution >= 4 is 33.0 Å². The molecular weight excluding hydrogens is 455 g/mol.